The van der Waals surface area contributed by atoms with Crippen LogP contribution in [0.2, 0.25) is 0 Å². The molecule has 0 aliphatic heterocycles. The molecule has 0 fully saturated rings. The van der Waals surface area contributed by atoms with Gasteiger partial charge < -0.3 is 10.1 Å². The first kappa shape index (κ1) is 17.4. The fourth-order valence-corrected chi connectivity index (χ4v) is 3.33. The lowest BCUT2D eigenvalue weighted by molar-refractivity contribution is -0.126. The number of aromatic nitrogens is 1. The van der Waals surface area contributed by atoms with Crippen molar-refractivity contribution in [3.63, 3.8) is 0 Å². The molecule has 7 heteroatoms. The molecular weight excluding hydrogens is 346 g/mol. The van der Waals surface area contributed by atoms with Gasteiger partial charge in [-0.2, -0.15) is 0 Å². The summed E-state index contributed by atoms with van der Waals surface area (Å²) in [5, 5.41) is 3.41. The molecule has 1 atom stereocenters. The van der Waals surface area contributed by atoms with E-state index in [0.29, 0.717) is 0 Å². The number of thiazole rings is 1. The lowest BCUT2D eigenvalue weighted by atomic mass is 10.1. The molecular formula is C18H16F2N2O2S. The topological polar surface area (TPSA) is 51.2 Å². The SMILES string of the molecule is CC(NC(=O)COCc1nc2ccccc2s1)c1ccc(F)cc1F. The van der Waals surface area contributed by atoms with E-state index in [1.54, 1.807) is 6.92 Å². The molecule has 1 unspecified atom stereocenters. The van der Waals surface area contributed by atoms with Crippen LogP contribution in [-0.4, -0.2) is 17.5 Å². The molecule has 1 aromatic heterocycles. The van der Waals surface area contributed by atoms with Gasteiger partial charge in [0.25, 0.3) is 0 Å². The molecule has 2 aromatic carbocycles. The molecule has 3 aromatic rings. The van der Waals surface area contributed by atoms with Gasteiger partial charge in [-0.3, -0.25) is 4.79 Å². The molecule has 0 aliphatic rings. The first-order valence-corrected chi connectivity index (χ1v) is 8.51. The Labute approximate surface area is 147 Å². The van der Waals surface area contributed by atoms with Gasteiger partial charge in [0.05, 0.1) is 22.9 Å². The van der Waals surface area contributed by atoms with Crippen molar-refractivity contribution in [1.29, 1.82) is 0 Å². The van der Waals surface area contributed by atoms with Crippen molar-refractivity contribution in [2.45, 2.75) is 19.6 Å². The average molecular weight is 362 g/mol. The predicted molar refractivity (Wildman–Crippen MR) is 92.2 cm³/mol. The molecule has 1 amide bonds. The van der Waals surface area contributed by atoms with E-state index in [0.717, 1.165) is 27.4 Å². The van der Waals surface area contributed by atoms with Crippen LogP contribution in [0.25, 0.3) is 10.2 Å². The Hall–Kier alpha value is -2.38. The Kier molecular flexibility index (Phi) is 5.35. The Balaban J connectivity index is 1.50. The van der Waals surface area contributed by atoms with Crippen LogP contribution in [0.5, 0.6) is 0 Å². The van der Waals surface area contributed by atoms with E-state index in [1.807, 2.05) is 24.3 Å². The first-order chi connectivity index (χ1) is 12.0. The van der Waals surface area contributed by atoms with Gasteiger partial charge in [-0.05, 0) is 25.1 Å². The van der Waals surface area contributed by atoms with Crippen LogP contribution in [-0.2, 0) is 16.1 Å². The number of rotatable bonds is 6. The van der Waals surface area contributed by atoms with Crippen molar-refractivity contribution < 1.29 is 18.3 Å². The van der Waals surface area contributed by atoms with Gasteiger partial charge in [-0.15, -0.1) is 11.3 Å². The maximum absolute atomic E-state index is 13.7. The summed E-state index contributed by atoms with van der Waals surface area (Å²) in [6.07, 6.45) is 0. The minimum Gasteiger partial charge on any atom is -0.364 e. The number of nitrogens with one attached hydrogen (secondary N) is 1. The quantitative estimate of drug-likeness (QED) is 0.722. The fourth-order valence-electron chi connectivity index (χ4n) is 2.43. The van der Waals surface area contributed by atoms with Crippen LogP contribution < -0.4 is 5.32 Å². The van der Waals surface area contributed by atoms with Gasteiger partial charge in [-0.1, -0.05) is 18.2 Å². The number of benzene rings is 2. The average Bonchev–Trinajstić information content (AvgIpc) is 2.97. The first-order valence-electron chi connectivity index (χ1n) is 7.69. The molecule has 0 spiro atoms. The standard InChI is InChI=1S/C18H16F2N2O2S/c1-11(13-7-6-12(19)8-14(13)20)21-17(23)9-24-10-18-22-15-4-2-3-5-16(15)25-18/h2-8,11H,9-10H2,1H3,(H,21,23). The summed E-state index contributed by atoms with van der Waals surface area (Å²) >= 11 is 1.51. The molecule has 0 saturated carbocycles. The van der Waals surface area contributed by atoms with Crippen LogP contribution in [0.1, 0.15) is 23.5 Å². The highest BCUT2D eigenvalue weighted by Gasteiger charge is 2.14. The zero-order valence-corrected chi connectivity index (χ0v) is 14.3. The lowest BCUT2D eigenvalue weighted by Gasteiger charge is -2.15. The molecule has 130 valence electrons. The summed E-state index contributed by atoms with van der Waals surface area (Å²) < 4.78 is 33.1. The van der Waals surface area contributed by atoms with E-state index in [4.69, 9.17) is 4.74 Å². The Bertz CT molecular complexity index is 865. The zero-order valence-electron chi connectivity index (χ0n) is 13.5. The van der Waals surface area contributed by atoms with E-state index in [9.17, 15) is 13.6 Å². The summed E-state index contributed by atoms with van der Waals surface area (Å²) in [4.78, 5) is 16.3. The maximum Gasteiger partial charge on any atom is 0.246 e. The highest BCUT2D eigenvalue weighted by Crippen LogP contribution is 2.22. The number of hydrogen-bond acceptors (Lipinski definition) is 4. The van der Waals surface area contributed by atoms with Crippen LogP contribution in [0, 0.1) is 11.6 Å². The smallest absolute Gasteiger partial charge is 0.246 e. The molecule has 1 heterocycles. The summed E-state index contributed by atoms with van der Waals surface area (Å²) in [7, 11) is 0. The molecule has 1 N–H and O–H groups in total. The number of hydrogen-bond donors (Lipinski definition) is 1. The van der Waals surface area contributed by atoms with Crippen molar-refractivity contribution >= 4 is 27.5 Å². The molecule has 3 rings (SSSR count). The van der Waals surface area contributed by atoms with Gasteiger partial charge in [0.15, 0.2) is 0 Å². The second-order valence-electron chi connectivity index (χ2n) is 5.52. The fraction of sp³-hybridized carbons (Fsp3) is 0.222. The number of nitrogens with zero attached hydrogens (tertiary/aromatic N) is 1. The predicted octanol–water partition coefficient (Wildman–Crippen LogP) is 3.97. The normalized spacial score (nSPS) is 12.3. The molecule has 0 saturated heterocycles. The van der Waals surface area contributed by atoms with Crippen LogP contribution in [0.4, 0.5) is 8.78 Å². The second kappa shape index (κ2) is 7.67. The van der Waals surface area contributed by atoms with Crippen molar-refractivity contribution in [2.75, 3.05) is 6.61 Å². The third-order valence-corrected chi connectivity index (χ3v) is 4.61. The summed E-state index contributed by atoms with van der Waals surface area (Å²) in [6.45, 7) is 1.69. The van der Waals surface area contributed by atoms with E-state index in [-0.39, 0.29) is 24.7 Å². The highest BCUT2D eigenvalue weighted by molar-refractivity contribution is 7.18. The number of carbonyl (C=O) groups excluding carboxylic acids is 1. The van der Waals surface area contributed by atoms with Crippen molar-refractivity contribution in [3.8, 4) is 0 Å². The van der Waals surface area contributed by atoms with E-state index in [2.05, 4.69) is 10.3 Å². The molecule has 0 bridgehead atoms. The third kappa shape index (κ3) is 4.37. The van der Waals surface area contributed by atoms with Crippen molar-refractivity contribution in [1.82, 2.24) is 10.3 Å². The van der Waals surface area contributed by atoms with Gasteiger partial charge in [-0.25, -0.2) is 13.8 Å². The number of fused-ring (bicyclic) bond motifs is 1. The summed E-state index contributed by atoms with van der Waals surface area (Å²) in [5.41, 5.74) is 1.12. The highest BCUT2D eigenvalue weighted by atomic mass is 32.1. The second-order valence-corrected chi connectivity index (χ2v) is 6.64. The largest absolute Gasteiger partial charge is 0.364 e. The lowest BCUT2D eigenvalue weighted by Crippen LogP contribution is -2.30. The van der Waals surface area contributed by atoms with Gasteiger partial charge >= 0.3 is 0 Å². The van der Waals surface area contributed by atoms with Gasteiger partial charge in [0.1, 0.15) is 23.2 Å². The number of carbonyl (C=O) groups is 1. The number of amides is 1. The Morgan fingerprint density at radius 3 is 2.84 bits per heavy atom. The van der Waals surface area contributed by atoms with E-state index < -0.39 is 17.7 Å². The zero-order chi connectivity index (χ0) is 17.8. The third-order valence-electron chi connectivity index (χ3n) is 3.60. The van der Waals surface area contributed by atoms with Gasteiger partial charge in [0, 0.05) is 11.6 Å². The molecule has 0 radical (unpaired) electrons. The minimum atomic E-state index is -0.691. The van der Waals surface area contributed by atoms with Crippen molar-refractivity contribution in [3.05, 3.63) is 64.7 Å². The Morgan fingerprint density at radius 1 is 1.28 bits per heavy atom. The van der Waals surface area contributed by atoms with Crippen molar-refractivity contribution in [2.24, 2.45) is 0 Å². The summed E-state index contributed by atoms with van der Waals surface area (Å²) in [5.74, 6) is -1.72. The molecule has 4 nitrogen and oxygen atoms in total. The Morgan fingerprint density at radius 2 is 2.08 bits per heavy atom. The summed E-state index contributed by atoms with van der Waals surface area (Å²) in [6, 6.07) is 10.4. The number of para-hydroxylation sites is 1. The number of halogens is 2. The number of ether oxygens (including phenoxy) is 1. The van der Waals surface area contributed by atoms with E-state index in [1.165, 1.54) is 17.4 Å². The molecule has 25 heavy (non-hydrogen) atoms. The monoisotopic (exact) mass is 362 g/mol. The van der Waals surface area contributed by atoms with Crippen LogP contribution >= 0.6 is 11.3 Å². The van der Waals surface area contributed by atoms with Crippen LogP contribution in [0.3, 0.4) is 0 Å². The molecule has 0 aliphatic carbocycles. The van der Waals surface area contributed by atoms with Crippen LogP contribution in [0.15, 0.2) is 42.5 Å². The van der Waals surface area contributed by atoms with E-state index >= 15 is 0 Å². The maximum atomic E-state index is 13.7. The van der Waals surface area contributed by atoms with Gasteiger partial charge in [0.2, 0.25) is 5.91 Å². The minimum absolute atomic E-state index is 0.164.